The van der Waals surface area contributed by atoms with Gasteiger partial charge in [-0.05, 0) is 26.1 Å². The first kappa shape index (κ1) is 12.1. The lowest BCUT2D eigenvalue weighted by Crippen LogP contribution is -2.34. The van der Waals surface area contributed by atoms with Crippen LogP contribution in [0.3, 0.4) is 0 Å². The molecule has 0 fully saturated rings. The summed E-state index contributed by atoms with van der Waals surface area (Å²) in [5.74, 6) is 0. The Morgan fingerprint density at radius 2 is 2.00 bits per heavy atom. The molecule has 0 rings (SSSR count). The molecule has 0 spiro atoms. The van der Waals surface area contributed by atoms with Crippen molar-refractivity contribution < 1.29 is 14.3 Å². The molecule has 0 aromatic carbocycles. The molecule has 1 atom stereocenters. The number of hydrogen-bond acceptors (Lipinski definition) is 3. The summed E-state index contributed by atoms with van der Waals surface area (Å²) in [4.78, 5) is 0. The van der Waals surface area contributed by atoms with Gasteiger partial charge in [-0.15, -0.1) is 0 Å². The summed E-state index contributed by atoms with van der Waals surface area (Å²) in [7, 11) is -1.63. The van der Waals surface area contributed by atoms with Crippen molar-refractivity contribution in [2.75, 3.05) is 13.2 Å². The van der Waals surface area contributed by atoms with E-state index in [9.17, 15) is 5.11 Å². The van der Waals surface area contributed by atoms with Gasteiger partial charge < -0.3 is 14.3 Å². The van der Waals surface area contributed by atoms with Crippen LogP contribution in [-0.4, -0.2) is 32.9 Å². The van der Waals surface area contributed by atoms with E-state index in [1.807, 2.05) is 19.6 Å². The van der Waals surface area contributed by atoms with Crippen molar-refractivity contribution in [3.8, 4) is 0 Å². The van der Waals surface area contributed by atoms with Crippen molar-refractivity contribution >= 4 is 8.32 Å². The lowest BCUT2D eigenvalue weighted by molar-refractivity contribution is -0.0815. The first-order valence-corrected chi connectivity index (χ1v) is 7.59. The molecule has 0 saturated heterocycles. The van der Waals surface area contributed by atoms with E-state index in [-0.39, 0.29) is 6.61 Å². The van der Waals surface area contributed by atoms with Gasteiger partial charge in [0.15, 0.2) is 14.6 Å². The highest BCUT2D eigenvalue weighted by atomic mass is 28.4. The fourth-order valence-electron chi connectivity index (χ4n) is 0.728. The average molecular weight is 191 g/mol. The van der Waals surface area contributed by atoms with Crippen LogP contribution in [0.1, 0.15) is 6.42 Å². The molecule has 0 bridgehead atoms. The van der Waals surface area contributed by atoms with E-state index in [0.29, 0.717) is 6.61 Å². The Morgan fingerprint density at radius 3 is 2.42 bits per heavy atom. The summed E-state index contributed by atoms with van der Waals surface area (Å²) in [6.07, 6.45) is -0.0529. The summed E-state index contributed by atoms with van der Waals surface area (Å²) in [5.41, 5.74) is 0. The zero-order chi connectivity index (χ0) is 9.61. The smallest absolute Gasteiger partial charge is 0.187 e. The van der Waals surface area contributed by atoms with E-state index in [4.69, 9.17) is 9.16 Å². The number of rotatable bonds is 6. The SMILES string of the molecule is [CH2]CCOCC(O)O[Si](C)(C)C. The van der Waals surface area contributed by atoms with Crippen LogP contribution >= 0.6 is 0 Å². The van der Waals surface area contributed by atoms with Crippen LogP contribution in [0.15, 0.2) is 0 Å². The van der Waals surface area contributed by atoms with Crippen molar-refractivity contribution in [2.24, 2.45) is 0 Å². The van der Waals surface area contributed by atoms with Crippen LogP contribution in [0, 0.1) is 6.92 Å². The highest BCUT2D eigenvalue weighted by Gasteiger charge is 2.19. The predicted molar refractivity (Wildman–Crippen MR) is 51.2 cm³/mol. The number of aliphatic hydroxyl groups is 1. The van der Waals surface area contributed by atoms with Crippen molar-refractivity contribution in [3.63, 3.8) is 0 Å². The lowest BCUT2D eigenvalue weighted by Gasteiger charge is -2.22. The minimum atomic E-state index is -1.63. The molecule has 3 nitrogen and oxygen atoms in total. The molecule has 73 valence electrons. The monoisotopic (exact) mass is 191 g/mol. The fourth-order valence-corrected chi connectivity index (χ4v) is 1.61. The molecule has 0 aliphatic carbocycles. The Hall–Kier alpha value is 0.0969. The number of hydrogen-bond donors (Lipinski definition) is 1. The third-order valence-electron chi connectivity index (χ3n) is 1.04. The molecule has 1 radical (unpaired) electrons. The third kappa shape index (κ3) is 8.20. The Bertz CT molecular complexity index is 111. The Labute approximate surface area is 75.8 Å². The molecule has 0 aromatic rings. The van der Waals surface area contributed by atoms with Gasteiger partial charge in [-0.1, -0.05) is 6.92 Å². The van der Waals surface area contributed by atoms with Crippen molar-refractivity contribution in [3.05, 3.63) is 6.92 Å². The molecular formula is C8H19O3Si. The van der Waals surface area contributed by atoms with Crippen LogP contribution in [0.4, 0.5) is 0 Å². The lowest BCUT2D eigenvalue weighted by atomic mass is 10.5. The summed E-state index contributed by atoms with van der Waals surface area (Å²) >= 11 is 0. The van der Waals surface area contributed by atoms with Gasteiger partial charge >= 0.3 is 0 Å². The van der Waals surface area contributed by atoms with Crippen molar-refractivity contribution in [2.45, 2.75) is 32.4 Å². The average Bonchev–Trinajstić information content (AvgIpc) is 1.84. The standard InChI is InChI=1S/C8H19O3Si/c1-5-6-10-7-8(9)11-12(2,3)4/h8-9H,1,5-7H2,2-4H3. The van der Waals surface area contributed by atoms with Gasteiger partial charge in [0.2, 0.25) is 0 Å². The molecule has 0 aliphatic rings. The molecule has 0 amide bonds. The normalized spacial score (nSPS) is 14.8. The highest BCUT2D eigenvalue weighted by Crippen LogP contribution is 2.05. The maximum absolute atomic E-state index is 9.28. The zero-order valence-electron chi connectivity index (χ0n) is 8.17. The maximum atomic E-state index is 9.28. The van der Waals surface area contributed by atoms with Gasteiger partial charge in [-0.2, -0.15) is 0 Å². The van der Waals surface area contributed by atoms with Crippen LogP contribution in [0.2, 0.25) is 19.6 Å². The first-order chi connectivity index (χ1) is 5.45. The van der Waals surface area contributed by atoms with E-state index in [2.05, 4.69) is 6.92 Å². The van der Waals surface area contributed by atoms with Crippen LogP contribution in [-0.2, 0) is 9.16 Å². The molecule has 0 saturated carbocycles. The van der Waals surface area contributed by atoms with Crippen LogP contribution in [0.25, 0.3) is 0 Å². The second-order valence-corrected chi connectivity index (χ2v) is 8.07. The van der Waals surface area contributed by atoms with Crippen molar-refractivity contribution in [1.82, 2.24) is 0 Å². The summed E-state index contributed by atoms with van der Waals surface area (Å²) in [5, 5.41) is 9.28. The van der Waals surface area contributed by atoms with Gasteiger partial charge in [0.1, 0.15) is 0 Å². The van der Waals surface area contributed by atoms with E-state index in [0.717, 1.165) is 6.42 Å². The number of aliphatic hydroxyl groups excluding tert-OH is 1. The fraction of sp³-hybridized carbons (Fsp3) is 0.875. The minimum Gasteiger partial charge on any atom is -0.392 e. The van der Waals surface area contributed by atoms with E-state index >= 15 is 0 Å². The van der Waals surface area contributed by atoms with Gasteiger partial charge in [-0.3, -0.25) is 0 Å². The second-order valence-electron chi connectivity index (χ2n) is 3.61. The summed E-state index contributed by atoms with van der Waals surface area (Å²) in [6.45, 7) is 10.5. The molecular weight excluding hydrogens is 172 g/mol. The molecule has 4 heteroatoms. The molecule has 12 heavy (non-hydrogen) atoms. The molecule has 0 aliphatic heterocycles. The molecule has 1 N–H and O–H groups in total. The van der Waals surface area contributed by atoms with E-state index < -0.39 is 14.6 Å². The minimum absolute atomic E-state index is 0.250. The van der Waals surface area contributed by atoms with E-state index in [1.54, 1.807) is 0 Å². The Kier molecular flexibility index (Phi) is 5.74. The summed E-state index contributed by atoms with van der Waals surface area (Å²) in [6, 6.07) is 0. The molecule has 0 aromatic heterocycles. The quantitative estimate of drug-likeness (QED) is 0.392. The largest absolute Gasteiger partial charge is 0.392 e. The van der Waals surface area contributed by atoms with Crippen LogP contribution < -0.4 is 0 Å². The van der Waals surface area contributed by atoms with Gasteiger partial charge in [0, 0.05) is 6.61 Å². The second kappa shape index (κ2) is 5.69. The molecule has 1 unspecified atom stereocenters. The van der Waals surface area contributed by atoms with E-state index in [1.165, 1.54) is 0 Å². The topological polar surface area (TPSA) is 38.7 Å². The van der Waals surface area contributed by atoms with Gasteiger partial charge in [0.05, 0.1) is 6.61 Å². The highest BCUT2D eigenvalue weighted by molar-refractivity contribution is 6.69. The Morgan fingerprint density at radius 1 is 1.42 bits per heavy atom. The van der Waals surface area contributed by atoms with Gasteiger partial charge in [0.25, 0.3) is 0 Å². The molecule has 0 heterocycles. The van der Waals surface area contributed by atoms with Crippen molar-refractivity contribution in [1.29, 1.82) is 0 Å². The maximum Gasteiger partial charge on any atom is 0.187 e. The summed E-state index contributed by atoms with van der Waals surface area (Å²) < 4.78 is 10.4. The zero-order valence-corrected chi connectivity index (χ0v) is 9.17. The van der Waals surface area contributed by atoms with Crippen LogP contribution in [0.5, 0.6) is 0 Å². The first-order valence-electron chi connectivity index (χ1n) is 4.18. The third-order valence-corrected chi connectivity index (χ3v) is 2.02. The predicted octanol–water partition coefficient (Wildman–Crippen LogP) is 1.40. The number of ether oxygens (including phenoxy) is 1. The Balaban J connectivity index is 3.40. The van der Waals surface area contributed by atoms with Gasteiger partial charge in [-0.25, -0.2) is 0 Å².